The summed E-state index contributed by atoms with van der Waals surface area (Å²) >= 11 is 2.87. The third kappa shape index (κ3) is 3.37. The number of carbonyl (C=O) groups excluding carboxylic acids is 1. The van der Waals surface area contributed by atoms with Crippen molar-refractivity contribution in [2.75, 3.05) is 12.0 Å². The highest BCUT2D eigenvalue weighted by Crippen LogP contribution is 2.18. The van der Waals surface area contributed by atoms with E-state index in [1.807, 2.05) is 6.26 Å². The van der Waals surface area contributed by atoms with Gasteiger partial charge in [0, 0.05) is 6.20 Å². The van der Waals surface area contributed by atoms with Gasteiger partial charge in [-0.1, -0.05) is 11.8 Å². The van der Waals surface area contributed by atoms with Crippen LogP contribution in [0.3, 0.4) is 0 Å². The Balaban J connectivity index is 1.87. The molecule has 0 saturated carbocycles. The van der Waals surface area contributed by atoms with Gasteiger partial charge in [-0.25, -0.2) is 0 Å². The van der Waals surface area contributed by atoms with Crippen LogP contribution in [0.4, 0.5) is 0 Å². The second kappa shape index (κ2) is 5.92. The number of hydrogen-bond acceptors (Lipinski definition) is 6. The van der Waals surface area contributed by atoms with Crippen LogP contribution in [-0.4, -0.2) is 33.0 Å². The van der Waals surface area contributed by atoms with E-state index in [1.165, 1.54) is 11.8 Å². The summed E-state index contributed by atoms with van der Waals surface area (Å²) in [6.45, 7) is 0. The number of nitrogens with one attached hydrogen (secondary N) is 1. The zero-order chi connectivity index (χ0) is 12.1. The fourth-order valence-electron chi connectivity index (χ4n) is 1.19. The predicted molar refractivity (Wildman–Crippen MR) is 67.4 cm³/mol. The predicted octanol–water partition coefficient (Wildman–Crippen LogP) is 2.24. The van der Waals surface area contributed by atoms with E-state index in [1.54, 1.807) is 30.1 Å². The fourth-order valence-corrected chi connectivity index (χ4v) is 2.21. The molecule has 0 atom stereocenters. The molecule has 1 N–H and O–H groups in total. The standard InChI is InChI=1S/C10H11N3O2S2/c1-16-6-9-12-13-10(15-9)17-5-8(14)7-3-2-4-11-7/h2-4,11H,5-6H2,1H3. The molecule has 0 bridgehead atoms. The largest absolute Gasteiger partial charge is 0.415 e. The molecule has 0 unspecified atom stereocenters. The van der Waals surface area contributed by atoms with Gasteiger partial charge in [0.05, 0.1) is 17.2 Å². The van der Waals surface area contributed by atoms with Crippen molar-refractivity contribution in [2.45, 2.75) is 11.0 Å². The van der Waals surface area contributed by atoms with E-state index in [-0.39, 0.29) is 5.78 Å². The number of hydrogen-bond donors (Lipinski definition) is 1. The molecule has 7 heteroatoms. The molecular weight excluding hydrogens is 258 g/mol. The minimum Gasteiger partial charge on any atom is -0.415 e. The van der Waals surface area contributed by atoms with Gasteiger partial charge in [0.15, 0.2) is 5.78 Å². The number of nitrogens with zero attached hydrogens (tertiary/aromatic N) is 2. The SMILES string of the molecule is CSCc1nnc(SCC(=O)c2ccc[nH]2)o1. The molecule has 5 nitrogen and oxygen atoms in total. The average molecular weight is 269 g/mol. The number of Topliss-reactive ketones (excluding diaryl/α,β-unsaturated/α-hetero) is 1. The van der Waals surface area contributed by atoms with Gasteiger partial charge in [-0.15, -0.1) is 10.2 Å². The maximum Gasteiger partial charge on any atom is 0.277 e. The van der Waals surface area contributed by atoms with Gasteiger partial charge in [-0.05, 0) is 18.4 Å². The third-order valence-corrected chi connectivity index (χ3v) is 3.30. The molecule has 0 aliphatic carbocycles. The van der Waals surface area contributed by atoms with E-state index in [0.29, 0.717) is 28.3 Å². The van der Waals surface area contributed by atoms with Crippen molar-refractivity contribution in [1.29, 1.82) is 0 Å². The smallest absolute Gasteiger partial charge is 0.277 e. The Morgan fingerprint density at radius 2 is 2.41 bits per heavy atom. The van der Waals surface area contributed by atoms with Crippen molar-refractivity contribution < 1.29 is 9.21 Å². The van der Waals surface area contributed by atoms with Gasteiger partial charge in [-0.3, -0.25) is 4.79 Å². The van der Waals surface area contributed by atoms with E-state index in [2.05, 4.69) is 15.2 Å². The molecule has 2 heterocycles. The van der Waals surface area contributed by atoms with Crippen LogP contribution in [0.5, 0.6) is 0 Å². The van der Waals surface area contributed by atoms with Crippen molar-refractivity contribution in [3.05, 3.63) is 29.9 Å². The molecule has 0 aliphatic rings. The molecule has 0 spiro atoms. The molecule has 0 fully saturated rings. The zero-order valence-electron chi connectivity index (χ0n) is 9.17. The summed E-state index contributed by atoms with van der Waals surface area (Å²) < 4.78 is 5.35. The maximum atomic E-state index is 11.7. The van der Waals surface area contributed by atoms with Crippen molar-refractivity contribution in [3.63, 3.8) is 0 Å². The number of thioether (sulfide) groups is 2. The summed E-state index contributed by atoms with van der Waals surface area (Å²) in [4.78, 5) is 14.5. The van der Waals surface area contributed by atoms with Gasteiger partial charge >= 0.3 is 0 Å². The second-order valence-corrected chi connectivity index (χ2v) is 4.98. The first kappa shape index (κ1) is 12.3. The highest BCUT2D eigenvalue weighted by Gasteiger charge is 2.11. The van der Waals surface area contributed by atoms with Gasteiger partial charge in [0.25, 0.3) is 5.22 Å². The average Bonchev–Trinajstić information content (AvgIpc) is 2.97. The number of ketones is 1. The molecule has 2 aromatic heterocycles. The fraction of sp³-hybridized carbons (Fsp3) is 0.300. The van der Waals surface area contributed by atoms with Gasteiger partial charge < -0.3 is 9.40 Å². The lowest BCUT2D eigenvalue weighted by atomic mass is 10.3. The van der Waals surface area contributed by atoms with Crippen molar-refractivity contribution >= 4 is 29.3 Å². The molecule has 0 amide bonds. The van der Waals surface area contributed by atoms with Crippen LogP contribution in [0.25, 0.3) is 0 Å². The van der Waals surface area contributed by atoms with Crippen LogP contribution < -0.4 is 0 Å². The molecule has 0 saturated heterocycles. The highest BCUT2D eigenvalue weighted by molar-refractivity contribution is 7.99. The molecule has 0 aromatic carbocycles. The minimum atomic E-state index is 0.0182. The molecule has 17 heavy (non-hydrogen) atoms. The van der Waals surface area contributed by atoms with E-state index in [0.717, 1.165) is 0 Å². The molecule has 0 radical (unpaired) electrons. The third-order valence-electron chi connectivity index (χ3n) is 1.94. The first-order valence-corrected chi connectivity index (χ1v) is 7.28. The van der Waals surface area contributed by atoms with Gasteiger partial charge in [0.1, 0.15) is 0 Å². The first-order valence-electron chi connectivity index (χ1n) is 4.90. The maximum absolute atomic E-state index is 11.7. The Morgan fingerprint density at radius 1 is 1.53 bits per heavy atom. The van der Waals surface area contributed by atoms with Crippen LogP contribution in [0, 0.1) is 0 Å². The number of aromatic nitrogens is 3. The Labute approximate surface area is 107 Å². The van der Waals surface area contributed by atoms with Crippen LogP contribution in [0.15, 0.2) is 28.0 Å². The second-order valence-electron chi connectivity index (χ2n) is 3.19. The van der Waals surface area contributed by atoms with Crippen LogP contribution in [-0.2, 0) is 5.75 Å². The first-order chi connectivity index (χ1) is 8.29. The summed E-state index contributed by atoms with van der Waals surface area (Å²) in [5, 5.41) is 8.17. The Morgan fingerprint density at radius 3 is 3.12 bits per heavy atom. The molecule has 2 rings (SSSR count). The normalized spacial score (nSPS) is 10.6. The van der Waals surface area contributed by atoms with Crippen molar-refractivity contribution in [3.8, 4) is 0 Å². The summed E-state index contributed by atoms with van der Waals surface area (Å²) in [6.07, 6.45) is 3.69. The number of carbonyl (C=O) groups is 1. The van der Waals surface area contributed by atoms with Crippen molar-refractivity contribution in [1.82, 2.24) is 15.2 Å². The van der Waals surface area contributed by atoms with Gasteiger partial charge in [0.2, 0.25) is 5.89 Å². The lowest BCUT2D eigenvalue weighted by molar-refractivity contribution is 0.101. The Kier molecular flexibility index (Phi) is 4.27. The molecule has 2 aromatic rings. The van der Waals surface area contributed by atoms with Crippen LogP contribution >= 0.6 is 23.5 Å². The summed E-state index contributed by atoms with van der Waals surface area (Å²) in [6, 6.07) is 3.54. The van der Waals surface area contributed by atoms with Crippen molar-refractivity contribution in [2.24, 2.45) is 0 Å². The summed E-state index contributed by atoms with van der Waals surface area (Å²) in [5.74, 6) is 1.59. The molecular formula is C10H11N3O2S2. The quantitative estimate of drug-likeness (QED) is 0.640. The van der Waals surface area contributed by atoms with E-state index >= 15 is 0 Å². The Hall–Kier alpha value is -1.21. The minimum absolute atomic E-state index is 0.0182. The lowest BCUT2D eigenvalue weighted by Crippen LogP contribution is -2.02. The van der Waals surface area contributed by atoms with E-state index in [9.17, 15) is 4.79 Å². The topological polar surface area (TPSA) is 71.8 Å². The number of aromatic amines is 1. The number of rotatable bonds is 6. The van der Waals surface area contributed by atoms with Crippen LogP contribution in [0.1, 0.15) is 16.4 Å². The molecule has 90 valence electrons. The Bertz CT molecular complexity index is 481. The van der Waals surface area contributed by atoms with Gasteiger partial charge in [-0.2, -0.15) is 11.8 Å². The zero-order valence-corrected chi connectivity index (χ0v) is 10.8. The monoisotopic (exact) mass is 269 g/mol. The van der Waals surface area contributed by atoms with E-state index < -0.39 is 0 Å². The van der Waals surface area contributed by atoms with Crippen LogP contribution in [0.2, 0.25) is 0 Å². The summed E-state index contributed by atoms with van der Waals surface area (Å²) in [7, 11) is 0. The highest BCUT2D eigenvalue weighted by atomic mass is 32.2. The molecule has 0 aliphatic heterocycles. The number of H-pyrrole nitrogens is 1. The lowest BCUT2D eigenvalue weighted by Gasteiger charge is -1.94. The summed E-state index contributed by atoms with van der Waals surface area (Å²) in [5.41, 5.74) is 0.598. The van der Waals surface area contributed by atoms with E-state index in [4.69, 9.17) is 4.42 Å².